The molecule has 0 bridgehead atoms. The molecule has 0 amide bonds. The topological polar surface area (TPSA) is 52.2 Å². The van der Waals surface area contributed by atoms with Crippen LogP contribution >= 0.6 is 0 Å². The predicted octanol–water partition coefficient (Wildman–Crippen LogP) is 3.24. The van der Waals surface area contributed by atoms with E-state index in [-0.39, 0.29) is 5.69 Å². The molecule has 0 aliphatic rings. The Balaban J connectivity index is 1.99. The molecule has 5 nitrogen and oxygen atoms in total. The Labute approximate surface area is 147 Å². The van der Waals surface area contributed by atoms with Crippen molar-refractivity contribution in [2.75, 3.05) is 38.0 Å². The van der Waals surface area contributed by atoms with Gasteiger partial charge in [-0.3, -0.25) is 0 Å². The lowest BCUT2D eigenvalue weighted by atomic mass is 10.1. The van der Waals surface area contributed by atoms with Crippen LogP contribution in [0.2, 0.25) is 0 Å². The number of nitrogens with zero attached hydrogens (tertiary/aromatic N) is 3. The second kappa shape index (κ2) is 6.81. The van der Waals surface area contributed by atoms with Crippen LogP contribution in [0.3, 0.4) is 0 Å². The average Bonchev–Trinajstić information content (AvgIpc) is 2.61. The van der Waals surface area contributed by atoms with Gasteiger partial charge in [0.15, 0.2) is 0 Å². The maximum Gasteiger partial charge on any atom is 0.345 e. The fourth-order valence-electron chi connectivity index (χ4n) is 2.63. The smallest absolute Gasteiger partial charge is 0.345 e. The number of aromatic nitrogens is 2. The zero-order valence-corrected chi connectivity index (χ0v) is 14.9. The zero-order valence-electron chi connectivity index (χ0n) is 14.9. The number of hydrogen-bond acceptors (Lipinski definition) is 4. The molecule has 0 unspecified atom stereocenters. The first kappa shape index (κ1) is 16.8. The van der Waals surface area contributed by atoms with Crippen molar-refractivity contribution in [1.29, 1.82) is 0 Å². The Kier molecular flexibility index (Phi) is 4.57. The highest BCUT2D eigenvalue weighted by molar-refractivity contribution is 5.70. The largest absolute Gasteiger partial charge is 0.378 e. The lowest BCUT2D eigenvalue weighted by molar-refractivity contribution is 1.08. The van der Waals surface area contributed by atoms with Crippen molar-refractivity contribution in [1.82, 2.24) is 9.97 Å². The predicted molar refractivity (Wildman–Crippen MR) is 104 cm³/mol. The number of rotatable bonds is 4. The van der Waals surface area contributed by atoms with Crippen LogP contribution in [-0.4, -0.2) is 38.2 Å². The van der Waals surface area contributed by atoms with E-state index < -0.39 is 0 Å². The Hall–Kier alpha value is -3.08. The lowest BCUT2D eigenvalue weighted by Gasteiger charge is -2.13. The van der Waals surface area contributed by atoms with Gasteiger partial charge in [0.25, 0.3) is 0 Å². The number of benzene rings is 2. The molecule has 2 aromatic carbocycles. The van der Waals surface area contributed by atoms with E-state index in [1.54, 1.807) is 0 Å². The molecule has 5 heteroatoms. The van der Waals surface area contributed by atoms with Gasteiger partial charge in [0.2, 0.25) is 0 Å². The minimum atomic E-state index is -0.346. The summed E-state index contributed by atoms with van der Waals surface area (Å²) in [6, 6.07) is 18.0. The first-order chi connectivity index (χ1) is 11.9. The molecule has 0 fully saturated rings. The van der Waals surface area contributed by atoms with Crippen molar-refractivity contribution in [2.24, 2.45) is 0 Å². The van der Waals surface area contributed by atoms with Crippen LogP contribution in [-0.2, 0) is 0 Å². The van der Waals surface area contributed by atoms with Crippen LogP contribution in [0.5, 0.6) is 0 Å². The fraction of sp³-hybridized carbons (Fsp3) is 0.200. The van der Waals surface area contributed by atoms with Gasteiger partial charge in [-0.2, -0.15) is 4.98 Å². The molecule has 0 saturated carbocycles. The summed E-state index contributed by atoms with van der Waals surface area (Å²) in [6.45, 7) is 0. The summed E-state index contributed by atoms with van der Waals surface area (Å²) in [5.74, 6) is 0. The SMILES string of the molecule is CN(C)c1ccc(-c2cc(-c3ccc(N(C)C)cc3)[nH]c(=O)n2)cc1. The van der Waals surface area contributed by atoms with E-state index in [0.717, 1.165) is 28.2 Å². The third kappa shape index (κ3) is 3.71. The highest BCUT2D eigenvalue weighted by Crippen LogP contribution is 2.25. The summed E-state index contributed by atoms with van der Waals surface area (Å²) >= 11 is 0. The first-order valence-electron chi connectivity index (χ1n) is 8.11. The second-order valence-corrected chi connectivity index (χ2v) is 6.37. The summed E-state index contributed by atoms with van der Waals surface area (Å²) in [4.78, 5) is 23.0. The number of hydrogen-bond donors (Lipinski definition) is 1. The van der Waals surface area contributed by atoms with Gasteiger partial charge < -0.3 is 14.8 Å². The van der Waals surface area contributed by atoms with Crippen molar-refractivity contribution in [3.05, 3.63) is 65.1 Å². The van der Waals surface area contributed by atoms with Gasteiger partial charge in [0.05, 0.1) is 11.4 Å². The lowest BCUT2D eigenvalue weighted by Crippen LogP contribution is -2.12. The molecule has 0 atom stereocenters. The van der Waals surface area contributed by atoms with Crippen LogP contribution in [0.1, 0.15) is 0 Å². The van der Waals surface area contributed by atoms with Crippen LogP contribution in [0.25, 0.3) is 22.5 Å². The first-order valence-corrected chi connectivity index (χ1v) is 8.11. The van der Waals surface area contributed by atoms with Crippen LogP contribution in [0.15, 0.2) is 59.4 Å². The van der Waals surface area contributed by atoms with Crippen molar-refractivity contribution in [3.63, 3.8) is 0 Å². The van der Waals surface area contributed by atoms with Crippen LogP contribution < -0.4 is 15.5 Å². The maximum absolute atomic E-state index is 12.0. The van der Waals surface area contributed by atoms with Gasteiger partial charge in [-0.05, 0) is 35.9 Å². The molecule has 0 aliphatic carbocycles. The molecule has 1 aromatic heterocycles. The highest BCUT2D eigenvalue weighted by atomic mass is 16.1. The van der Waals surface area contributed by atoms with Gasteiger partial charge in [-0.1, -0.05) is 24.3 Å². The highest BCUT2D eigenvalue weighted by Gasteiger charge is 2.07. The van der Waals surface area contributed by atoms with E-state index >= 15 is 0 Å². The van der Waals surface area contributed by atoms with Gasteiger partial charge in [0.1, 0.15) is 0 Å². The molecule has 3 aromatic rings. The Morgan fingerprint density at radius 2 is 1.24 bits per heavy atom. The molecular formula is C20H22N4O. The summed E-state index contributed by atoms with van der Waals surface area (Å²) in [5.41, 5.74) is 5.17. The molecule has 0 aliphatic heterocycles. The quantitative estimate of drug-likeness (QED) is 0.796. The fourth-order valence-corrected chi connectivity index (χ4v) is 2.63. The molecule has 1 N–H and O–H groups in total. The number of nitrogens with one attached hydrogen (secondary N) is 1. The molecule has 0 saturated heterocycles. The van der Waals surface area contributed by atoms with Gasteiger partial charge >= 0.3 is 5.69 Å². The number of aromatic amines is 1. The Morgan fingerprint density at radius 3 is 1.72 bits per heavy atom. The van der Waals surface area contributed by atoms with E-state index in [1.165, 1.54) is 0 Å². The molecular weight excluding hydrogens is 312 g/mol. The number of anilines is 2. The molecule has 25 heavy (non-hydrogen) atoms. The van der Waals surface area contributed by atoms with Crippen molar-refractivity contribution < 1.29 is 0 Å². The standard InChI is InChI=1S/C20H22N4O/c1-23(2)16-9-5-14(6-10-16)18-13-19(22-20(25)21-18)15-7-11-17(12-8-15)24(3)4/h5-13H,1-4H3,(H,21,22,25). The molecule has 128 valence electrons. The third-order valence-electron chi connectivity index (χ3n) is 4.12. The summed E-state index contributed by atoms with van der Waals surface area (Å²) in [6.07, 6.45) is 0. The summed E-state index contributed by atoms with van der Waals surface area (Å²) in [5, 5.41) is 0. The third-order valence-corrected chi connectivity index (χ3v) is 4.12. The molecule has 0 radical (unpaired) electrons. The van der Waals surface area contributed by atoms with Crippen LogP contribution in [0.4, 0.5) is 11.4 Å². The van der Waals surface area contributed by atoms with Crippen molar-refractivity contribution in [2.45, 2.75) is 0 Å². The molecule has 3 rings (SSSR count). The Bertz CT molecular complexity index is 837. The van der Waals surface area contributed by atoms with Crippen molar-refractivity contribution >= 4 is 11.4 Å². The van der Waals surface area contributed by atoms with Crippen LogP contribution in [0, 0.1) is 0 Å². The van der Waals surface area contributed by atoms with Gasteiger partial charge in [-0.25, -0.2) is 4.79 Å². The maximum atomic E-state index is 12.0. The van der Waals surface area contributed by atoms with Gasteiger partial charge in [0, 0.05) is 45.1 Å². The van der Waals surface area contributed by atoms with E-state index in [2.05, 4.69) is 9.97 Å². The molecule has 1 heterocycles. The second-order valence-electron chi connectivity index (χ2n) is 6.37. The normalized spacial score (nSPS) is 10.6. The van der Waals surface area contributed by atoms with Crippen molar-refractivity contribution in [3.8, 4) is 22.5 Å². The minimum absolute atomic E-state index is 0.346. The Morgan fingerprint density at radius 1 is 0.760 bits per heavy atom. The van der Waals surface area contributed by atoms with E-state index in [4.69, 9.17) is 0 Å². The van der Waals surface area contributed by atoms with E-state index in [9.17, 15) is 4.79 Å². The van der Waals surface area contributed by atoms with Gasteiger partial charge in [-0.15, -0.1) is 0 Å². The monoisotopic (exact) mass is 334 g/mol. The van der Waals surface area contributed by atoms with E-state index in [1.807, 2.05) is 92.6 Å². The minimum Gasteiger partial charge on any atom is -0.378 e. The molecule has 0 spiro atoms. The number of H-pyrrole nitrogens is 1. The summed E-state index contributed by atoms with van der Waals surface area (Å²) < 4.78 is 0. The summed E-state index contributed by atoms with van der Waals surface area (Å²) in [7, 11) is 7.99. The van der Waals surface area contributed by atoms with E-state index in [0.29, 0.717) is 5.69 Å². The zero-order chi connectivity index (χ0) is 18.0. The average molecular weight is 334 g/mol.